The van der Waals surface area contributed by atoms with Crippen molar-refractivity contribution >= 4 is 11.6 Å². The van der Waals surface area contributed by atoms with Crippen LogP contribution in [0.4, 0.5) is 5.69 Å². The molecule has 2 rings (SSSR count). The van der Waals surface area contributed by atoms with Crippen LogP contribution in [0.25, 0.3) is 0 Å². The minimum Gasteiger partial charge on any atom is -0.490 e. The summed E-state index contributed by atoms with van der Waals surface area (Å²) in [6, 6.07) is 5.14. The third-order valence-electron chi connectivity index (χ3n) is 3.94. The van der Waals surface area contributed by atoms with E-state index in [-0.39, 0.29) is 6.10 Å². The normalized spacial score (nSPS) is 23.0. The van der Waals surface area contributed by atoms with Gasteiger partial charge in [-0.2, -0.15) is 0 Å². The van der Waals surface area contributed by atoms with Crippen LogP contribution in [0.5, 0.6) is 5.75 Å². The minimum atomic E-state index is -0.515. The summed E-state index contributed by atoms with van der Waals surface area (Å²) in [5.41, 5.74) is 11.7. The van der Waals surface area contributed by atoms with E-state index in [9.17, 15) is 4.79 Å². The number of anilines is 1. The Labute approximate surface area is 114 Å². The molecule has 1 amide bonds. The Morgan fingerprint density at radius 2 is 2.11 bits per heavy atom. The number of hydrogen-bond donors (Lipinski definition) is 2. The fourth-order valence-corrected chi connectivity index (χ4v) is 2.79. The van der Waals surface area contributed by atoms with Crippen molar-refractivity contribution in [2.45, 2.75) is 45.1 Å². The first-order chi connectivity index (χ1) is 9.11. The molecular weight excluding hydrogens is 240 g/mol. The van der Waals surface area contributed by atoms with Gasteiger partial charge in [-0.3, -0.25) is 4.79 Å². The quantitative estimate of drug-likeness (QED) is 0.819. The highest BCUT2D eigenvalue weighted by Crippen LogP contribution is 2.31. The highest BCUT2D eigenvalue weighted by Gasteiger charge is 2.25. The number of benzene rings is 1. The Morgan fingerprint density at radius 1 is 1.37 bits per heavy atom. The molecule has 2 atom stereocenters. The van der Waals surface area contributed by atoms with Crippen LogP contribution in [-0.2, 0) is 0 Å². The van der Waals surface area contributed by atoms with E-state index in [1.165, 1.54) is 19.3 Å². The summed E-state index contributed by atoms with van der Waals surface area (Å²) in [6.45, 7) is 2.20. The van der Waals surface area contributed by atoms with E-state index in [1.807, 2.05) is 6.07 Å². The second-order valence-corrected chi connectivity index (χ2v) is 5.22. The van der Waals surface area contributed by atoms with Gasteiger partial charge in [0.25, 0.3) is 5.91 Å². The van der Waals surface area contributed by atoms with Gasteiger partial charge in [0.05, 0.1) is 5.56 Å². The first-order valence-corrected chi connectivity index (χ1v) is 6.97. The van der Waals surface area contributed by atoms with Crippen molar-refractivity contribution in [2.75, 3.05) is 5.73 Å². The maximum Gasteiger partial charge on any atom is 0.250 e. The van der Waals surface area contributed by atoms with Crippen molar-refractivity contribution < 1.29 is 9.53 Å². The Hall–Kier alpha value is -1.71. The summed E-state index contributed by atoms with van der Waals surface area (Å²) in [4.78, 5) is 11.3. The van der Waals surface area contributed by atoms with Gasteiger partial charge in [0.2, 0.25) is 0 Å². The van der Waals surface area contributed by atoms with Crippen molar-refractivity contribution in [2.24, 2.45) is 11.7 Å². The van der Waals surface area contributed by atoms with Crippen LogP contribution >= 0.6 is 0 Å². The Balaban J connectivity index is 2.14. The number of carbonyl (C=O) groups excluding carboxylic acids is 1. The molecule has 2 unspecified atom stereocenters. The van der Waals surface area contributed by atoms with Gasteiger partial charge in [-0.25, -0.2) is 0 Å². The predicted octanol–water partition coefficient (Wildman–Crippen LogP) is 2.72. The third-order valence-corrected chi connectivity index (χ3v) is 3.94. The first kappa shape index (κ1) is 13.7. The number of rotatable bonds is 4. The number of ether oxygens (including phenoxy) is 1. The van der Waals surface area contributed by atoms with Crippen molar-refractivity contribution in [1.29, 1.82) is 0 Å². The summed E-state index contributed by atoms with van der Waals surface area (Å²) in [5.74, 6) is 0.773. The lowest BCUT2D eigenvalue weighted by atomic mass is 9.85. The topological polar surface area (TPSA) is 78.3 Å². The number of primary amides is 1. The lowest BCUT2D eigenvalue weighted by Gasteiger charge is -2.31. The van der Waals surface area contributed by atoms with E-state index in [4.69, 9.17) is 16.2 Å². The standard InChI is InChI=1S/C15H22N2O2/c1-2-10-5-3-4-6-14(10)19-11-7-8-13(16)12(9-11)15(17)18/h7-10,14H,2-6,16H2,1H3,(H2,17,18). The summed E-state index contributed by atoms with van der Waals surface area (Å²) in [5, 5.41) is 0. The number of carbonyl (C=O) groups is 1. The van der Waals surface area contributed by atoms with E-state index in [0.717, 1.165) is 12.8 Å². The summed E-state index contributed by atoms with van der Waals surface area (Å²) < 4.78 is 6.04. The largest absolute Gasteiger partial charge is 0.490 e. The number of nitrogen functional groups attached to an aromatic ring is 1. The van der Waals surface area contributed by atoms with Gasteiger partial charge in [-0.15, -0.1) is 0 Å². The fourth-order valence-electron chi connectivity index (χ4n) is 2.79. The molecule has 1 aliphatic carbocycles. The molecule has 0 spiro atoms. The molecule has 104 valence electrons. The molecule has 0 radical (unpaired) electrons. The molecule has 0 heterocycles. The van der Waals surface area contributed by atoms with Crippen molar-refractivity contribution in [3.63, 3.8) is 0 Å². The fraction of sp³-hybridized carbons (Fsp3) is 0.533. The molecule has 4 heteroatoms. The molecule has 1 fully saturated rings. The van der Waals surface area contributed by atoms with E-state index in [2.05, 4.69) is 6.92 Å². The van der Waals surface area contributed by atoms with Crippen molar-refractivity contribution in [3.05, 3.63) is 23.8 Å². The lowest BCUT2D eigenvalue weighted by molar-refractivity contribution is 0.0898. The van der Waals surface area contributed by atoms with Gasteiger partial charge in [-0.05, 0) is 49.8 Å². The maximum absolute atomic E-state index is 11.3. The van der Waals surface area contributed by atoms with Crippen LogP contribution in [0, 0.1) is 5.92 Å². The SMILES string of the molecule is CCC1CCCCC1Oc1ccc(N)c(C(N)=O)c1. The maximum atomic E-state index is 11.3. The first-order valence-electron chi connectivity index (χ1n) is 6.97. The summed E-state index contributed by atoms with van der Waals surface area (Å²) >= 11 is 0. The minimum absolute atomic E-state index is 0.239. The summed E-state index contributed by atoms with van der Waals surface area (Å²) in [7, 11) is 0. The second kappa shape index (κ2) is 5.95. The summed E-state index contributed by atoms with van der Waals surface area (Å²) in [6.07, 6.45) is 6.16. The van der Waals surface area contributed by atoms with Gasteiger partial charge in [0.1, 0.15) is 11.9 Å². The Bertz CT molecular complexity index is 459. The van der Waals surface area contributed by atoms with Gasteiger partial charge in [-0.1, -0.05) is 13.3 Å². The zero-order valence-corrected chi connectivity index (χ0v) is 11.4. The molecule has 0 saturated heterocycles. The third kappa shape index (κ3) is 3.19. The van der Waals surface area contributed by atoms with Crippen molar-refractivity contribution in [3.8, 4) is 5.75 Å². The molecule has 4 nitrogen and oxygen atoms in total. The molecule has 1 aliphatic rings. The monoisotopic (exact) mass is 262 g/mol. The second-order valence-electron chi connectivity index (χ2n) is 5.22. The van der Waals surface area contributed by atoms with Crippen LogP contribution in [0.15, 0.2) is 18.2 Å². The number of hydrogen-bond acceptors (Lipinski definition) is 3. The molecule has 0 bridgehead atoms. The van der Waals surface area contributed by atoms with Gasteiger partial charge in [0.15, 0.2) is 0 Å². The van der Waals surface area contributed by atoms with Crippen LogP contribution in [0.2, 0.25) is 0 Å². The van der Waals surface area contributed by atoms with E-state index >= 15 is 0 Å². The van der Waals surface area contributed by atoms with Crippen LogP contribution in [0.3, 0.4) is 0 Å². The highest BCUT2D eigenvalue weighted by atomic mass is 16.5. The van der Waals surface area contributed by atoms with Crippen LogP contribution in [0.1, 0.15) is 49.4 Å². The van der Waals surface area contributed by atoms with Crippen LogP contribution < -0.4 is 16.2 Å². The van der Waals surface area contributed by atoms with E-state index in [1.54, 1.807) is 12.1 Å². The number of amides is 1. The molecule has 19 heavy (non-hydrogen) atoms. The zero-order chi connectivity index (χ0) is 13.8. The molecule has 0 aliphatic heterocycles. The van der Waals surface area contributed by atoms with Crippen LogP contribution in [-0.4, -0.2) is 12.0 Å². The zero-order valence-electron chi connectivity index (χ0n) is 11.4. The highest BCUT2D eigenvalue weighted by molar-refractivity contribution is 5.98. The molecule has 4 N–H and O–H groups in total. The average Bonchev–Trinajstić information content (AvgIpc) is 2.41. The lowest BCUT2D eigenvalue weighted by Crippen LogP contribution is -2.30. The molecular formula is C15H22N2O2. The Kier molecular flexibility index (Phi) is 4.30. The Morgan fingerprint density at radius 3 is 2.79 bits per heavy atom. The van der Waals surface area contributed by atoms with E-state index in [0.29, 0.717) is 22.9 Å². The molecule has 1 aromatic rings. The predicted molar refractivity (Wildman–Crippen MR) is 76.0 cm³/mol. The average molecular weight is 262 g/mol. The molecule has 1 aromatic carbocycles. The molecule has 1 saturated carbocycles. The van der Waals surface area contributed by atoms with Crippen molar-refractivity contribution in [1.82, 2.24) is 0 Å². The van der Waals surface area contributed by atoms with Gasteiger partial charge in [0, 0.05) is 5.69 Å². The van der Waals surface area contributed by atoms with E-state index < -0.39 is 5.91 Å². The molecule has 0 aromatic heterocycles. The van der Waals surface area contributed by atoms with Gasteiger partial charge < -0.3 is 16.2 Å². The number of nitrogens with two attached hydrogens (primary N) is 2. The van der Waals surface area contributed by atoms with Gasteiger partial charge >= 0.3 is 0 Å². The smallest absolute Gasteiger partial charge is 0.250 e.